The SMILES string of the molecule is Cc1ncccc1Nc1snc(C)c1C(=O)O. The average Bonchev–Trinajstić information content (AvgIpc) is 2.63. The largest absolute Gasteiger partial charge is 0.478 e. The molecule has 17 heavy (non-hydrogen) atoms. The predicted octanol–water partition coefficient (Wildman–Crippen LogP) is 2.60. The number of hydrogen-bond acceptors (Lipinski definition) is 5. The van der Waals surface area contributed by atoms with Crippen LogP contribution < -0.4 is 5.32 Å². The molecule has 0 spiro atoms. The second-order valence-electron chi connectivity index (χ2n) is 3.54. The molecule has 0 aliphatic heterocycles. The van der Waals surface area contributed by atoms with Crippen molar-refractivity contribution in [2.45, 2.75) is 13.8 Å². The van der Waals surface area contributed by atoms with Crippen molar-refractivity contribution in [3.63, 3.8) is 0 Å². The molecule has 2 N–H and O–H groups in total. The van der Waals surface area contributed by atoms with E-state index < -0.39 is 5.97 Å². The molecule has 0 saturated heterocycles. The number of hydrogen-bond donors (Lipinski definition) is 2. The number of anilines is 2. The number of rotatable bonds is 3. The van der Waals surface area contributed by atoms with E-state index in [0.717, 1.165) is 22.9 Å². The number of carboxylic acids is 1. The molecular weight excluding hydrogens is 238 g/mol. The van der Waals surface area contributed by atoms with Gasteiger partial charge in [0.25, 0.3) is 0 Å². The fourth-order valence-corrected chi connectivity index (χ4v) is 2.25. The topological polar surface area (TPSA) is 75.1 Å². The molecule has 2 heterocycles. The Balaban J connectivity index is 2.37. The van der Waals surface area contributed by atoms with E-state index in [2.05, 4.69) is 14.7 Å². The number of carbonyl (C=O) groups is 1. The minimum absolute atomic E-state index is 0.221. The monoisotopic (exact) mass is 249 g/mol. The highest BCUT2D eigenvalue weighted by atomic mass is 32.1. The Labute approximate surface area is 102 Å². The van der Waals surface area contributed by atoms with Gasteiger partial charge >= 0.3 is 5.97 Å². The molecule has 0 bridgehead atoms. The van der Waals surface area contributed by atoms with Gasteiger partial charge < -0.3 is 10.4 Å². The first kappa shape index (κ1) is 11.5. The van der Waals surface area contributed by atoms with Gasteiger partial charge in [-0.05, 0) is 37.5 Å². The first-order valence-electron chi connectivity index (χ1n) is 4.98. The van der Waals surface area contributed by atoms with Gasteiger partial charge in [0.15, 0.2) is 0 Å². The van der Waals surface area contributed by atoms with Gasteiger partial charge in [-0.2, -0.15) is 4.37 Å². The van der Waals surface area contributed by atoms with Crippen LogP contribution in [-0.2, 0) is 0 Å². The number of pyridine rings is 1. The predicted molar refractivity (Wildman–Crippen MR) is 66.1 cm³/mol. The lowest BCUT2D eigenvalue weighted by molar-refractivity contribution is 0.0697. The maximum Gasteiger partial charge on any atom is 0.340 e. The lowest BCUT2D eigenvalue weighted by Gasteiger charge is -2.06. The molecule has 0 atom stereocenters. The van der Waals surface area contributed by atoms with E-state index in [1.165, 1.54) is 0 Å². The van der Waals surface area contributed by atoms with Crippen molar-refractivity contribution >= 4 is 28.2 Å². The Morgan fingerprint density at radius 3 is 2.82 bits per heavy atom. The number of aromatic nitrogens is 2. The Morgan fingerprint density at radius 1 is 1.41 bits per heavy atom. The zero-order valence-corrected chi connectivity index (χ0v) is 10.2. The Hall–Kier alpha value is -1.95. The van der Waals surface area contributed by atoms with Crippen LogP contribution in [0.25, 0.3) is 0 Å². The standard InChI is InChI=1S/C11H11N3O2S/c1-6-8(4-3-5-12-6)13-10-9(11(15)16)7(2)14-17-10/h3-5,13H,1-2H3,(H,15,16). The summed E-state index contributed by atoms with van der Waals surface area (Å²) in [5.41, 5.74) is 2.35. The third kappa shape index (κ3) is 2.26. The molecule has 2 aromatic heterocycles. The summed E-state index contributed by atoms with van der Waals surface area (Å²) in [4.78, 5) is 15.2. The third-order valence-electron chi connectivity index (χ3n) is 2.33. The molecule has 0 saturated carbocycles. The van der Waals surface area contributed by atoms with Crippen LogP contribution >= 0.6 is 11.5 Å². The highest BCUT2D eigenvalue weighted by molar-refractivity contribution is 7.10. The first-order valence-corrected chi connectivity index (χ1v) is 5.75. The van der Waals surface area contributed by atoms with E-state index in [-0.39, 0.29) is 5.56 Å². The molecule has 6 heteroatoms. The van der Waals surface area contributed by atoms with Crippen molar-refractivity contribution in [2.24, 2.45) is 0 Å². The van der Waals surface area contributed by atoms with Gasteiger partial charge in [0.05, 0.1) is 17.1 Å². The summed E-state index contributed by atoms with van der Waals surface area (Å²) in [6, 6.07) is 3.65. The molecule has 0 aromatic carbocycles. The van der Waals surface area contributed by atoms with Crippen molar-refractivity contribution in [3.05, 3.63) is 35.3 Å². The second-order valence-corrected chi connectivity index (χ2v) is 4.31. The summed E-state index contributed by atoms with van der Waals surface area (Å²) in [6.45, 7) is 3.54. The van der Waals surface area contributed by atoms with Gasteiger partial charge in [0.1, 0.15) is 10.6 Å². The number of nitrogens with one attached hydrogen (secondary N) is 1. The molecule has 0 amide bonds. The molecule has 0 radical (unpaired) electrons. The maximum absolute atomic E-state index is 11.1. The molecule has 88 valence electrons. The van der Waals surface area contributed by atoms with Crippen LogP contribution in [0.5, 0.6) is 0 Å². The molecule has 0 unspecified atom stereocenters. The van der Waals surface area contributed by atoms with Crippen LogP contribution in [0.15, 0.2) is 18.3 Å². The minimum Gasteiger partial charge on any atom is -0.478 e. The zero-order valence-electron chi connectivity index (χ0n) is 9.39. The summed E-state index contributed by atoms with van der Waals surface area (Å²) in [5.74, 6) is -0.972. The third-order valence-corrected chi connectivity index (χ3v) is 3.19. The van der Waals surface area contributed by atoms with Crippen LogP contribution in [0.4, 0.5) is 10.7 Å². The molecule has 0 aliphatic carbocycles. The molecule has 0 aliphatic rings. The molecule has 2 rings (SSSR count). The Morgan fingerprint density at radius 2 is 2.18 bits per heavy atom. The fourth-order valence-electron chi connectivity index (χ4n) is 1.45. The lowest BCUT2D eigenvalue weighted by atomic mass is 10.2. The highest BCUT2D eigenvalue weighted by Crippen LogP contribution is 2.28. The van der Waals surface area contributed by atoms with Crippen LogP contribution in [0.3, 0.4) is 0 Å². The molecule has 2 aromatic rings. The van der Waals surface area contributed by atoms with Crippen molar-refractivity contribution < 1.29 is 9.90 Å². The normalized spacial score (nSPS) is 10.2. The zero-order chi connectivity index (χ0) is 12.4. The first-order chi connectivity index (χ1) is 8.09. The summed E-state index contributed by atoms with van der Waals surface area (Å²) in [7, 11) is 0. The van der Waals surface area contributed by atoms with Crippen molar-refractivity contribution in [1.82, 2.24) is 9.36 Å². The van der Waals surface area contributed by atoms with Crippen molar-refractivity contribution in [2.75, 3.05) is 5.32 Å². The van der Waals surface area contributed by atoms with E-state index in [1.54, 1.807) is 19.2 Å². The fraction of sp³-hybridized carbons (Fsp3) is 0.182. The molecular formula is C11H11N3O2S. The van der Waals surface area contributed by atoms with E-state index in [9.17, 15) is 4.79 Å². The minimum atomic E-state index is -0.972. The van der Waals surface area contributed by atoms with Crippen LogP contribution in [0, 0.1) is 13.8 Å². The van der Waals surface area contributed by atoms with Gasteiger partial charge in [0, 0.05) is 6.20 Å². The van der Waals surface area contributed by atoms with Gasteiger partial charge in [-0.3, -0.25) is 4.98 Å². The van der Waals surface area contributed by atoms with Crippen LogP contribution in [0.1, 0.15) is 21.7 Å². The maximum atomic E-state index is 11.1. The van der Waals surface area contributed by atoms with Crippen LogP contribution in [0.2, 0.25) is 0 Å². The lowest BCUT2D eigenvalue weighted by Crippen LogP contribution is -2.02. The van der Waals surface area contributed by atoms with E-state index in [0.29, 0.717) is 10.7 Å². The summed E-state index contributed by atoms with van der Waals surface area (Å²) in [5, 5.41) is 12.7. The van der Waals surface area contributed by atoms with Gasteiger partial charge in [-0.1, -0.05) is 0 Å². The van der Waals surface area contributed by atoms with E-state index in [1.807, 2.05) is 13.0 Å². The van der Waals surface area contributed by atoms with Crippen LogP contribution in [-0.4, -0.2) is 20.4 Å². The number of aryl methyl sites for hydroxylation is 2. The molecule has 0 fully saturated rings. The second kappa shape index (κ2) is 4.50. The Kier molecular flexibility index (Phi) is 3.06. The summed E-state index contributed by atoms with van der Waals surface area (Å²) in [6.07, 6.45) is 1.69. The van der Waals surface area contributed by atoms with Gasteiger partial charge in [-0.15, -0.1) is 0 Å². The summed E-state index contributed by atoms with van der Waals surface area (Å²) < 4.78 is 4.04. The van der Waals surface area contributed by atoms with Crippen molar-refractivity contribution in [1.29, 1.82) is 0 Å². The van der Waals surface area contributed by atoms with E-state index >= 15 is 0 Å². The summed E-state index contributed by atoms with van der Waals surface area (Å²) >= 11 is 1.14. The average molecular weight is 249 g/mol. The number of carboxylic acid groups (broad SMARTS) is 1. The van der Waals surface area contributed by atoms with Gasteiger partial charge in [-0.25, -0.2) is 4.79 Å². The van der Waals surface area contributed by atoms with Crippen molar-refractivity contribution in [3.8, 4) is 0 Å². The Bertz CT molecular complexity index is 566. The van der Waals surface area contributed by atoms with E-state index in [4.69, 9.17) is 5.11 Å². The molecule has 5 nitrogen and oxygen atoms in total. The number of aromatic carboxylic acids is 1. The quantitative estimate of drug-likeness (QED) is 0.874. The highest BCUT2D eigenvalue weighted by Gasteiger charge is 2.17. The number of nitrogens with zero attached hydrogens (tertiary/aromatic N) is 2. The van der Waals surface area contributed by atoms with Gasteiger partial charge in [0.2, 0.25) is 0 Å². The smallest absolute Gasteiger partial charge is 0.340 e.